The van der Waals surface area contributed by atoms with E-state index in [9.17, 15) is 0 Å². The molecule has 68 valence electrons. The minimum atomic E-state index is -0.318. The van der Waals surface area contributed by atoms with Crippen molar-refractivity contribution in [1.82, 2.24) is 0 Å². The Morgan fingerprint density at radius 3 is 2.31 bits per heavy atom. The molecule has 0 saturated carbocycles. The first-order valence-electron chi connectivity index (χ1n) is 3.72. The highest BCUT2D eigenvalue weighted by atomic mass is 35.5. The minimum absolute atomic E-state index is 0.261. The summed E-state index contributed by atoms with van der Waals surface area (Å²) in [5, 5.41) is 9.52. The Balaban J connectivity index is 2.95. The molecule has 0 unspecified atom stereocenters. The van der Waals surface area contributed by atoms with Crippen molar-refractivity contribution in [3.05, 3.63) is 33.8 Å². The molecule has 4 heteroatoms. The number of hydrogen-bond donors (Lipinski definition) is 1. The lowest BCUT2D eigenvalue weighted by Gasteiger charge is -2.08. The molecule has 2 nitrogen and oxygen atoms in total. The van der Waals surface area contributed by atoms with Gasteiger partial charge in [0.25, 0.3) is 0 Å². The summed E-state index contributed by atoms with van der Waals surface area (Å²) in [4.78, 5) is 0. The van der Waals surface area contributed by atoms with E-state index in [0.717, 1.165) is 5.56 Å². The van der Waals surface area contributed by atoms with Crippen LogP contribution in [0.25, 0.3) is 0 Å². The molecule has 0 aromatic heterocycles. The summed E-state index contributed by atoms with van der Waals surface area (Å²) < 4.78 is 0. The maximum absolute atomic E-state index is 8.44. The zero-order chi connectivity index (χ0) is 9.84. The zero-order valence-electron chi connectivity index (χ0n) is 6.80. The van der Waals surface area contributed by atoms with E-state index in [1.807, 2.05) is 6.07 Å². The molecule has 0 saturated heterocycles. The van der Waals surface area contributed by atoms with Gasteiger partial charge in [0.05, 0.1) is 12.5 Å². The molecular weight excluding hydrogens is 207 g/mol. The highest BCUT2D eigenvalue weighted by Crippen LogP contribution is 2.23. The van der Waals surface area contributed by atoms with Crippen molar-refractivity contribution in [1.29, 1.82) is 5.26 Å². The molecule has 0 aliphatic rings. The van der Waals surface area contributed by atoms with Crippen LogP contribution in [0.15, 0.2) is 18.2 Å². The molecule has 1 aromatic carbocycles. The molecule has 0 radical (unpaired) electrons. The van der Waals surface area contributed by atoms with Gasteiger partial charge in [-0.3, -0.25) is 0 Å². The van der Waals surface area contributed by atoms with Crippen LogP contribution in [0.4, 0.5) is 0 Å². The van der Waals surface area contributed by atoms with Crippen molar-refractivity contribution in [2.24, 2.45) is 5.73 Å². The van der Waals surface area contributed by atoms with Crippen LogP contribution in [0.3, 0.4) is 0 Å². The maximum atomic E-state index is 8.44. The van der Waals surface area contributed by atoms with E-state index in [-0.39, 0.29) is 12.5 Å². The number of hydrogen-bond acceptors (Lipinski definition) is 2. The fraction of sp³-hybridized carbons (Fsp3) is 0.222. The highest BCUT2D eigenvalue weighted by Gasteiger charge is 2.06. The molecule has 0 fully saturated rings. The van der Waals surface area contributed by atoms with Gasteiger partial charge in [-0.15, -0.1) is 0 Å². The minimum Gasteiger partial charge on any atom is -0.323 e. The highest BCUT2D eigenvalue weighted by molar-refractivity contribution is 6.34. The molecule has 1 rings (SSSR count). The van der Waals surface area contributed by atoms with Crippen LogP contribution in [0.2, 0.25) is 10.0 Å². The van der Waals surface area contributed by atoms with Gasteiger partial charge in [-0.2, -0.15) is 5.26 Å². The molecular formula is C9H8Cl2N2. The lowest BCUT2D eigenvalue weighted by molar-refractivity contribution is 0.749. The van der Waals surface area contributed by atoms with Crippen molar-refractivity contribution < 1.29 is 0 Å². The topological polar surface area (TPSA) is 49.8 Å². The van der Waals surface area contributed by atoms with Crippen LogP contribution >= 0.6 is 23.2 Å². The first-order valence-corrected chi connectivity index (χ1v) is 4.47. The molecule has 0 bridgehead atoms. The van der Waals surface area contributed by atoms with E-state index in [4.69, 9.17) is 34.2 Å². The van der Waals surface area contributed by atoms with Gasteiger partial charge in [0.1, 0.15) is 0 Å². The van der Waals surface area contributed by atoms with Gasteiger partial charge in [0.2, 0.25) is 0 Å². The van der Waals surface area contributed by atoms with Crippen molar-refractivity contribution in [3.63, 3.8) is 0 Å². The van der Waals surface area contributed by atoms with Crippen LogP contribution in [0.1, 0.15) is 18.0 Å². The Morgan fingerprint density at radius 2 is 1.85 bits per heavy atom. The monoisotopic (exact) mass is 214 g/mol. The first-order chi connectivity index (χ1) is 6.13. The smallest absolute Gasteiger partial charge is 0.0641 e. The number of nitriles is 1. The number of halogens is 2. The van der Waals surface area contributed by atoms with Gasteiger partial charge in [0.15, 0.2) is 0 Å². The van der Waals surface area contributed by atoms with Gasteiger partial charge in [0, 0.05) is 16.1 Å². The second kappa shape index (κ2) is 4.48. The number of nitrogens with zero attached hydrogens (tertiary/aromatic N) is 1. The van der Waals surface area contributed by atoms with Crippen molar-refractivity contribution in [2.75, 3.05) is 0 Å². The molecule has 0 amide bonds. The average molecular weight is 215 g/mol. The molecule has 0 spiro atoms. The van der Waals surface area contributed by atoms with Gasteiger partial charge in [-0.1, -0.05) is 23.2 Å². The molecule has 0 aliphatic carbocycles. The van der Waals surface area contributed by atoms with Gasteiger partial charge in [-0.25, -0.2) is 0 Å². The van der Waals surface area contributed by atoms with Crippen LogP contribution in [0, 0.1) is 11.3 Å². The largest absolute Gasteiger partial charge is 0.323 e. The summed E-state index contributed by atoms with van der Waals surface area (Å²) in [6.45, 7) is 0. The Labute approximate surface area is 86.9 Å². The number of benzene rings is 1. The zero-order valence-corrected chi connectivity index (χ0v) is 8.31. The Bertz CT molecular complexity index is 324. The molecule has 2 N–H and O–H groups in total. The predicted octanol–water partition coefficient (Wildman–Crippen LogP) is 2.91. The van der Waals surface area contributed by atoms with Gasteiger partial charge >= 0.3 is 0 Å². The third kappa shape index (κ3) is 2.89. The van der Waals surface area contributed by atoms with E-state index in [1.165, 1.54) is 0 Å². The maximum Gasteiger partial charge on any atom is 0.0641 e. The Morgan fingerprint density at radius 1 is 1.31 bits per heavy atom. The Kier molecular flexibility index (Phi) is 3.56. The van der Waals surface area contributed by atoms with E-state index in [0.29, 0.717) is 10.0 Å². The van der Waals surface area contributed by atoms with Crippen LogP contribution < -0.4 is 5.73 Å². The summed E-state index contributed by atoms with van der Waals surface area (Å²) in [5.41, 5.74) is 6.49. The summed E-state index contributed by atoms with van der Waals surface area (Å²) in [7, 11) is 0. The van der Waals surface area contributed by atoms with E-state index in [2.05, 4.69) is 0 Å². The molecule has 13 heavy (non-hydrogen) atoms. The molecule has 0 aliphatic heterocycles. The van der Waals surface area contributed by atoms with Crippen LogP contribution in [-0.4, -0.2) is 0 Å². The SMILES string of the molecule is N#CC[C@H](N)c1cc(Cl)cc(Cl)c1. The lowest BCUT2D eigenvalue weighted by Crippen LogP contribution is -2.08. The fourth-order valence-corrected chi connectivity index (χ4v) is 1.55. The summed E-state index contributed by atoms with van der Waals surface area (Å²) >= 11 is 11.5. The summed E-state index contributed by atoms with van der Waals surface area (Å²) in [6.07, 6.45) is 0.261. The normalized spacial score (nSPS) is 12.2. The second-order valence-electron chi connectivity index (χ2n) is 2.67. The average Bonchev–Trinajstić information content (AvgIpc) is 2.03. The second-order valence-corrected chi connectivity index (χ2v) is 3.54. The molecule has 1 atom stereocenters. The third-order valence-electron chi connectivity index (χ3n) is 1.62. The standard InChI is InChI=1S/C9H8Cl2N2/c10-7-3-6(4-8(11)5-7)9(13)1-2-12/h3-5,9H,1,13H2/t9-/m0/s1. The third-order valence-corrected chi connectivity index (χ3v) is 2.06. The van der Waals surface area contributed by atoms with E-state index < -0.39 is 0 Å². The van der Waals surface area contributed by atoms with E-state index >= 15 is 0 Å². The predicted molar refractivity (Wildman–Crippen MR) is 53.6 cm³/mol. The number of nitrogens with two attached hydrogens (primary N) is 1. The number of rotatable bonds is 2. The molecule has 1 aromatic rings. The summed E-state index contributed by atoms with van der Waals surface area (Å²) in [5.74, 6) is 0. The Hall–Kier alpha value is -0.750. The quantitative estimate of drug-likeness (QED) is 0.824. The van der Waals surface area contributed by atoms with Crippen LogP contribution in [-0.2, 0) is 0 Å². The van der Waals surface area contributed by atoms with Crippen molar-refractivity contribution in [2.45, 2.75) is 12.5 Å². The van der Waals surface area contributed by atoms with Crippen LogP contribution in [0.5, 0.6) is 0 Å². The van der Waals surface area contributed by atoms with E-state index in [1.54, 1.807) is 18.2 Å². The molecule has 0 heterocycles. The summed E-state index contributed by atoms with van der Waals surface area (Å²) in [6, 6.07) is 6.74. The lowest BCUT2D eigenvalue weighted by atomic mass is 10.1. The van der Waals surface area contributed by atoms with Crippen molar-refractivity contribution >= 4 is 23.2 Å². The van der Waals surface area contributed by atoms with Gasteiger partial charge < -0.3 is 5.73 Å². The van der Waals surface area contributed by atoms with Gasteiger partial charge in [-0.05, 0) is 23.8 Å². The van der Waals surface area contributed by atoms with Crippen molar-refractivity contribution in [3.8, 4) is 6.07 Å². The first kappa shape index (κ1) is 10.3. The fourth-order valence-electron chi connectivity index (χ4n) is 1.01.